The van der Waals surface area contributed by atoms with E-state index in [1.54, 1.807) is 0 Å². The van der Waals surface area contributed by atoms with Crippen LogP contribution in [0.4, 0.5) is 5.69 Å². The number of para-hydroxylation sites is 1. The number of nitrogens with one attached hydrogen (secondary N) is 1. The molecule has 1 N–H and O–H groups in total. The lowest BCUT2D eigenvalue weighted by Gasteiger charge is -2.08. The number of furan rings is 1. The summed E-state index contributed by atoms with van der Waals surface area (Å²) in [6.07, 6.45) is 0.599. The molecule has 0 aliphatic carbocycles. The van der Waals surface area contributed by atoms with Crippen molar-refractivity contribution >= 4 is 22.6 Å². The molecule has 0 saturated carbocycles. The van der Waals surface area contributed by atoms with Gasteiger partial charge in [-0.2, -0.15) is 0 Å². The van der Waals surface area contributed by atoms with Gasteiger partial charge in [-0.3, -0.25) is 4.79 Å². The Morgan fingerprint density at radius 1 is 1.13 bits per heavy atom. The Hall–Kier alpha value is -2.55. The normalized spacial score (nSPS) is 16.7. The van der Waals surface area contributed by atoms with Crippen molar-refractivity contribution < 1.29 is 9.21 Å². The number of fused-ring (bicyclic) bond motifs is 2. The molecule has 0 radical (unpaired) electrons. The molecule has 1 aromatic heterocycles. The molecule has 2 aromatic carbocycles. The summed E-state index contributed by atoms with van der Waals surface area (Å²) in [5.41, 5.74) is 6.37. The van der Waals surface area contributed by atoms with E-state index in [0.717, 1.165) is 39.1 Å². The molecule has 0 spiro atoms. The fraction of sp³-hybridized carbons (Fsp3) is 0.250. The van der Waals surface area contributed by atoms with Gasteiger partial charge in [0.15, 0.2) is 0 Å². The van der Waals surface area contributed by atoms with Gasteiger partial charge in [0, 0.05) is 17.5 Å². The van der Waals surface area contributed by atoms with E-state index >= 15 is 0 Å². The first-order chi connectivity index (χ1) is 11.0. The quantitative estimate of drug-likeness (QED) is 0.749. The Morgan fingerprint density at radius 3 is 2.74 bits per heavy atom. The Labute approximate surface area is 135 Å². The van der Waals surface area contributed by atoms with Crippen molar-refractivity contribution in [1.82, 2.24) is 0 Å². The summed E-state index contributed by atoms with van der Waals surface area (Å²) in [4.78, 5) is 12.4. The van der Waals surface area contributed by atoms with Crippen LogP contribution in [0.2, 0.25) is 0 Å². The van der Waals surface area contributed by atoms with E-state index in [4.69, 9.17) is 4.42 Å². The van der Waals surface area contributed by atoms with Gasteiger partial charge in [-0.15, -0.1) is 0 Å². The van der Waals surface area contributed by atoms with Crippen LogP contribution in [0.1, 0.15) is 33.9 Å². The number of amides is 1. The topological polar surface area (TPSA) is 42.2 Å². The molecular weight excluding hydrogens is 286 g/mol. The monoisotopic (exact) mass is 305 g/mol. The van der Waals surface area contributed by atoms with Crippen molar-refractivity contribution in [2.75, 3.05) is 5.32 Å². The van der Waals surface area contributed by atoms with Crippen molar-refractivity contribution in [2.45, 2.75) is 33.1 Å². The molecule has 4 rings (SSSR count). The molecule has 1 unspecified atom stereocenters. The van der Waals surface area contributed by atoms with Crippen LogP contribution in [0.3, 0.4) is 0 Å². The van der Waals surface area contributed by atoms with Crippen molar-refractivity contribution in [2.24, 2.45) is 0 Å². The second kappa shape index (κ2) is 4.98. The van der Waals surface area contributed by atoms with Crippen LogP contribution >= 0.6 is 0 Å². The lowest BCUT2D eigenvalue weighted by atomic mass is 9.93. The number of hydrogen-bond donors (Lipinski definition) is 1. The molecular formula is C20H19NO2. The van der Waals surface area contributed by atoms with Crippen LogP contribution in [0.5, 0.6) is 0 Å². The molecule has 1 atom stereocenters. The van der Waals surface area contributed by atoms with Crippen LogP contribution < -0.4 is 5.32 Å². The van der Waals surface area contributed by atoms with Gasteiger partial charge in [0.25, 0.3) is 0 Å². The highest BCUT2D eigenvalue weighted by molar-refractivity contribution is 6.03. The summed E-state index contributed by atoms with van der Waals surface area (Å²) < 4.78 is 6.11. The van der Waals surface area contributed by atoms with Gasteiger partial charge in [0.05, 0.1) is 5.92 Å². The van der Waals surface area contributed by atoms with Crippen molar-refractivity contribution in [1.29, 1.82) is 0 Å². The first kappa shape index (κ1) is 14.1. The highest BCUT2D eigenvalue weighted by Crippen LogP contribution is 2.37. The molecule has 2 heterocycles. The first-order valence-corrected chi connectivity index (χ1v) is 7.93. The lowest BCUT2D eigenvalue weighted by molar-refractivity contribution is -0.117. The average molecular weight is 305 g/mol. The number of aryl methyl sites for hydroxylation is 3. The molecule has 3 heteroatoms. The van der Waals surface area contributed by atoms with Crippen molar-refractivity contribution in [3.63, 3.8) is 0 Å². The standard InChI is InChI=1S/C20H19NO2/c1-11-7-8-17-15(9-11)16(20(22)21-17)10-18-13(3)14-6-4-5-12(2)19(14)23-18/h4-9,16H,10H2,1-3H3,(H,21,22). The molecule has 116 valence electrons. The van der Waals surface area contributed by atoms with E-state index in [1.165, 1.54) is 5.56 Å². The molecule has 1 aliphatic rings. The lowest BCUT2D eigenvalue weighted by Crippen LogP contribution is -2.14. The van der Waals surface area contributed by atoms with Crippen LogP contribution in [0.15, 0.2) is 40.8 Å². The number of hydrogen-bond acceptors (Lipinski definition) is 2. The maximum atomic E-state index is 12.4. The molecule has 3 aromatic rings. The zero-order chi connectivity index (χ0) is 16.1. The summed E-state index contributed by atoms with van der Waals surface area (Å²) in [6.45, 7) is 6.18. The summed E-state index contributed by atoms with van der Waals surface area (Å²) >= 11 is 0. The van der Waals surface area contributed by atoms with E-state index < -0.39 is 0 Å². The number of rotatable bonds is 2. The number of anilines is 1. The average Bonchev–Trinajstić information content (AvgIpc) is 3.00. The van der Waals surface area contributed by atoms with Crippen molar-refractivity contribution in [3.8, 4) is 0 Å². The predicted octanol–water partition coefficient (Wildman–Crippen LogP) is 4.64. The number of carbonyl (C=O) groups is 1. The minimum absolute atomic E-state index is 0.0576. The highest BCUT2D eigenvalue weighted by Gasteiger charge is 2.32. The van der Waals surface area contributed by atoms with Gasteiger partial charge in [-0.25, -0.2) is 0 Å². The summed E-state index contributed by atoms with van der Waals surface area (Å²) in [5, 5.41) is 4.12. The van der Waals surface area contributed by atoms with Crippen LogP contribution in [-0.4, -0.2) is 5.91 Å². The second-order valence-electron chi connectivity index (χ2n) is 6.44. The molecule has 3 nitrogen and oxygen atoms in total. The van der Waals surface area contributed by atoms with E-state index in [1.807, 2.05) is 18.2 Å². The van der Waals surface area contributed by atoms with E-state index in [2.05, 4.69) is 44.3 Å². The van der Waals surface area contributed by atoms with Crippen LogP contribution in [0.25, 0.3) is 11.0 Å². The zero-order valence-electron chi connectivity index (χ0n) is 13.6. The minimum atomic E-state index is -0.176. The van der Waals surface area contributed by atoms with E-state index in [0.29, 0.717) is 6.42 Å². The third kappa shape index (κ3) is 2.15. The van der Waals surface area contributed by atoms with Gasteiger partial charge < -0.3 is 9.73 Å². The van der Waals surface area contributed by atoms with Gasteiger partial charge in [0.1, 0.15) is 11.3 Å². The van der Waals surface area contributed by atoms with E-state index in [-0.39, 0.29) is 11.8 Å². The molecule has 0 fully saturated rings. The van der Waals surface area contributed by atoms with Crippen LogP contribution in [0, 0.1) is 20.8 Å². The maximum Gasteiger partial charge on any atom is 0.232 e. The highest BCUT2D eigenvalue weighted by atomic mass is 16.3. The molecule has 23 heavy (non-hydrogen) atoms. The molecule has 1 aliphatic heterocycles. The zero-order valence-corrected chi connectivity index (χ0v) is 13.6. The third-order valence-electron chi connectivity index (χ3n) is 4.81. The maximum absolute atomic E-state index is 12.4. The largest absolute Gasteiger partial charge is 0.460 e. The Kier molecular flexibility index (Phi) is 3.05. The number of benzene rings is 2. The van der Waals surface area contributed by atoms with Crippen molar-refractivity contribution in [3.05, 3.63) is 64.4 Å². The summed E-state index contributed by atoms with van der Waals surface area (Å²) in [7, 11) is 0. The smallest absolute Gasteiger partial charge is 0.232 e. The SMILES string of the molecule is Cc1ccc2c(c1)C(Cc1oc3c(C)cccc3c1C)C(=O)N2. The molecule has 0 saturated heterocycles. The predicted molar refractivity (Wildman–Crippen MR) is 91.9 cm³/mol. The van der Waals surface area contributed by atoms with Gasteiger partial charge in [0.2, 0.25) is 5.91 Å². The summed E-state index contributed by atoms with van der Waals surface area (Å²) in [6, 6.07) is 12.3. The number of carbonyl (C=O) groups excluding carboxylic acids is 1. The van der Waals surface area contributed by atoms with Gasteiger partial charge >= 0.3 is 0 Å². The molecule has 1 amide bonds. The Balaban J connectivity index is 1.77. The second-order valence-corrected chi connectivity index (χ2v) is 6.44. The van der Waals surface area contributed by atoms with Gasteiger partial charge in [-0.1, -0.05) is 35.9 Å². The third-order valence-corrected chi connectivity index (χ3v) is 4.81. The first-order valence-electron chi connectivity index (χ1n) is 7.93. The van der Waals surface area contributed by atoms with Gasteiger partial charge in [-0.05, 0) is 43.5 Å². The summed E-state index contributed by atoms with van der Waals surface area (Å²) in [5.74, 6) is 0.787. The Morgan fingerprint density at radius 2 is 1.96 bits per heavy atom. The van der Waals surface area contributed by atoms with E-state index in [9.17, 15) is 4.79 Å². The fourth-order valence-electron chi connectivity index (χ4n) is 3.46. The molecule has 0 bridgehead atoms. The minimum Gasteiger partial charge on any atom is -0.460 e. The van der Waals surface area contributed by atoms with Crippen LogP contribution in [-0.2, 0) is 11.2 Å². The Bertz CT molecular complexity index is 936. The fourth-order valence-corrected chi connectivity index (χ4v) is 3.46.